The second kappa shape index (κ2) is 7.49. The molecule has 0 saturated heterocycles. The Labute approximate surface area is 137 Å². The molecule has 126 valence electrons. The molecule has 1 aromatic carbocycles. The Hall–Kier alpha value is -2.04. The maximum absolute atomic E-state index is 13.0. The smallest absolute Gasteiger partial charge is 0.304 e. The maximum atomic E-state index is 13.0. The summed E-state index contributed by atoms with van der Waals surface area (Å²) >= 11 is 0. The zero-order valence-corrected chi connectivity index (χ0v) is 14.0. The summed E-state index contributed by atoms with van der Waals surface area (Å²) in [7, 11) is 1.60. The lowest BCUT2D eigenvalue weighted by Crippen LogP contribution is -2.40. The molecule has 1 aromatic rings. The van der Waals surface area contributed by atoms with Crippen molar-refractivity contribution in [3.8, 4) is 5.75 Å². The standard InChI is InChI=1S/C18H25NO4/c1-12(2)9-14(10-17(20)21)18(22)19-8-4-5-13-6-7-15(23-3)11-16(13)19/h6-7,11-12,14H,4-5,8-10H2,1-3H3,(H,20,21). The van der Waals surface area contributed by atoms with Crippen LogP contribution in [-0.2, 0) is 16.0 Å². The minimum Gasteiger partial charge on any atom is -0.497 e. The van der Waals surface area contributed by atoms with Crippen molar-refractivity contribution in [2.24, 2.45) is 11.8 Å². The zero-order chi connectivity index (χ0) is 17.0. The number of ether oxygens (including phenoxy) is 1. The number of carbonyl (C=O) groups is 2. The Bertz CT molecular complexity index is 582. The first-order valence-electron chi connectivity index (χ1n) is 8.12. The van der Waals surface area contributed by atoms with Gasteiger partial charge in [-0.05, 0) is 36.8 Å². The topological polar surface area (TPSA) is 66.8 Å². The van der Waals surface area contributed by atoms with Gasteiger partial charge in [0.2, 0.25) is 5.91 Å². The Balaban J connectivity index is 2.29. The summed E-state index contributed by atoms with van der Waals surface area (Å²) in [4.78, 5) is 25.8. The highest BCUT2D eigenvalue weighted by Crippen LogP contribution is 2.33. The van der Waals surface area contributed by atoms with Gasteiger partial charge in [0.05, 0.1) is 19.2 Å². The van der Waals surface area contributed by atoms with Gasteiger partial charge in [-0.3, -0.25) is 9.59 Å². The van der Waals surface area contributed by atoms with E-state index in [1.807, 2.05) is 32.0 Å². The van der Waals surface area contributed by atoms with E-state index in [1.54, 1.807) is 12.0 Å². The molecule has 0 bridgehead atoms. The molecule has 1 unspecified atom stereocenters. The number of benzene rings is 1. The van der Waals surface area contributed by atoms with Crippen molar-refractivity contribution >= 4 is 17.6 Å². The molecule has 1 amide bonds. The van der Waals surface area contributed by atoms with Crippen LogP contribution in [0.25, 0.3) is 0 Å². The molecule has 5 heteroatoms. The number of carbonyl (C=O) groups excluding carboxylic acids is 1. The van der Waals surface area contributed by atoms with Crippen molar-refractivity contribution < 1.29 is 19.4 Å². The van der Waals surface area contributed by atoms with Gasteiger partial charge >= 0.3 is 5.97 Å². The number of hydrogen-bond donors (Lipinski definition) is 1. The summed E-state index contributed by atoms with van der Waals surface area (Å²) in [6.07, 6.45) is 2.29. The van der Waals surface area contributed by atoms with Crippen molar-refractivity contribution in [1.29, 1.82) is 0 Å². The van der Waals surface area contributed by atoms with Crippen LogP contribution < -0.4 is 9.64 Å². The minimum absolute atomic E-state index is 0.0877. The summed E-state index contributed by atoms with van der Waals surface area (Å²) in [5.41, 5.74) is 1.98. The van der Waals surface area contributed by atoms with Crippen LogP contribution in [0.1, 0.15) is 38.7 Å². The number of aliphatic carboxylic acids is 1. The number of aryl methyl sites for hydroxylation is 1. The highest BCUT2D eigenvalue weighted by Gasteiger charge is 2.30. The minimum atomic E-state index is -0.924. The lowest BCUT2D eigenvalue weighted by Gasteiger charge is -2.32. The van der Waals surface area contributed by atoms with E-state index in [0.717, 1.165) is 24.1 Å². The molecule has 23 heavy (non-hydrogen) atoms. The van der Waals surface area contributed by atoms with Gasteiger partial charge in [0, 0.05) is 18.5 Å². The monoisotopic (exact) mass is 319 g/mol. The van der Waals surface area contributed by atoms with Crippen LogP contribution >= 0.6 is 0 Å². The number of carboxylic acid groups (broad SMARTS) is 1. The third-order valence-corrected chi connectivity index (χ3v) is 4.20. The van der Waals surface area contributed by atoms with Gasteiger partial charge in [-0.25, -0.2) is 0 Å². The molecule has 1 aliphatic rings. The Morgan fingerprint density at radius 2 is 2.09 bits per heavy atom. The average molecular weight is 319 g/mol. The van der Waals surface area contributed by atoms with Gasteiger partial charge in [-0.15, -0.1) is 0 Å². The molecule has 0 radical (unpaired) electrons. The first kappa shape index (κ1) is 17.3. The van der Waals surface area contributed by atoms with Gasteiger partial charge < -0.3 is 14.7 Å². The predicted molar refractivity (Wildman–Crippen MR) is 88.9 cm³/mol. The largest absolute Gasteiger partial charge is 0.497 e. The number of nitrogens with zero attached hydrogens (tertiary/aromatic N) is 1. The van der Waals surface area contributed by atoms with E-state index in [9.17, 15) is 9.59 Å². The summed E-state index contributed by atoms with van der Waals surface area (Å²) in [6.45, 7) is 4.65. The van der Waals surface area contributed by atoms with Crippen LogP contribution in [0.3, 0.4) is 0 Å². The third-order valence-electron chi connectivity index (χ3n) is 4.20. The SMILES string of the molecule is COc1ccc2c(c1)N(C(=O)C(CC(=O)O)CC(C)C)CCC2. The van der Waals surface area contributed by atoms with E-state index in [-0.39, 0.29) is 18.2 Å². The quantitative estimate of drug-likeness (QED) is 0.875. The fourth-order valence-corrected chi connectivity index (χ4v) is 3.18. The molecular formula is C18H25NO4. The van der Waals surface area contributed by atoms with Gasteiger partial charge in [0.1, 0.15) is 5.75 Å². The molecule has 0 aliphatic carbocycles. The van der Waals surface area contributed by atoms with Gasteiger partial charge in [0.15, 0.2) is 0 Å². The normalized spacial score (nSPS) is 15.2. The number of amides is 1. The molecule has 1 N–H and O–H groups in total. The van der Waals surface area contributed by atoms with Crippen LogP contribution in [0.15, 0.2) is 18.2 Å². The van der Waals surface area contributed by atoms with Gasteiger partial charge in [-0.1, -0.05) is 19.9 Å². The van der Waals surface area contributed by atoms with E-state index < -0.39 is 11.9 Å². The van der Waals surface area contributed by atoms with Crippen molar-refractivity contribution in [3.63, 3.8) is 0 Å². The number of rotatable bonds is 6. The van der Waals surface area contributed by atoms with E-state index >= 15 is 0 Å². The first-order valence-corrected chi connectivity index (χ1v) is 8.12. The maximum Gasteiger partial charge on any atom is 0.304 e. The summed E-state index contributed by atoms with van der Waals surface area (Å²) in [5.74, 6) is -0.508. The highest BCUT2D eigenvalue weighted by molar-refractivity contribution is 5.97. The van der Waals surface area contributed by atoms with E-state index in [4.69, 9.17) is 9.84 Å². The van der Waals surface area contributed by atoms with Crippen molar-refractivity contribution in [3.05, 3.63) is 23.8 Å². The van der Waals surface area contributed by atoms with Gasteiger partial charge in [-0.2, -0.15) is 0 Å². The molecular weight excluding hydrogens is 294 g/mol. The number of anilines is 1. The number of hydrogen-bond acceptors (Lipinski definition) is 3. The molecule has 0 aromatic heterocycles. The molecule has 0 saturated carbocycles. The molecule has 5 nitrogen and oxygen atoms in total. The van der Waals surface area contributed by atoms with Crippen molar-refractivity contribution in [2.75, 3.05) is 18.6 Å². The molecule has 2 rings (SSSR count). The summed E-state index contributed by atoms with van der Waals surface area (Å²) in [6, 6.07) is 5.76. The third kappa shape index (κ3) is 4.24. The van der Waals surface area contributed by atoms with E-state index in [1.165, 1.54) is 0 Å². The van der Waals surface area contributed by atoms with Crippen molar-refractivity contribution in [1.82, 2.24) is 0 Å². The molecule has 1 atom stereocenters. The summed E-state index contributed by atoms with van der Waals surface area (Å²) in [5, 5.41) is 9.13. The average Bonchev–Trinajstić information content (AvgIpc) is 2.51. The molecule has 1 aliphatic heterocycles. The highest BCUT2D eigenvalue weighted by atomic mass is 16.5. The lowest BCUT2D eigenvalue weighted by atomic mass is 9.91. The molecule has 0 fully saturated rings. The first-order chi connectivity index (χ1) is 10.9. The summed E-state index contributed by atoms with van der Waals surface area (Å²) < 4.78 is 5.27. The van der Waals surface area contributed by atoms with Gasteiger partial charge in [0.25, 0.3) is 0 Å². The van der Waals surface area contributed by atoms with E-state index in [0.29, 0.717) is 18.7 Å². The lowest BCUT2D eigenvalue weighted by molar-refractivity contribution is -0.140. The Kier molecular flexibility index (Phi) is 5.64. The number of fused-ring (bicyclic) bond motifs is 1. The van der Waals surface area contributed by atoms with E-state index in [2.05, 4.69) is 0 Å². The second-order valence-corrected chi connectivity index (χ2v) is 6.51. The predicted octanol–water partition coefficient (Wildman–Crippen LogP) is 3.11. The van der Waals surface area contributed by atoms with Crippen LogP contribution in [0.4, 0.5) is 5.69 Å². The van der Waals surface area contributed by atoms with Crippen LogP contribution in [-0.4, -0.2) is 30.6 Å². The Morgan fingerprint density at radius 3 is 2.70 bits per heavy atom. The van der Waals surface area contributed by atoms with Crippen LogP contribution in [0.2, 0.25) is 0 Å². The number of carboxylic acids is 1. The van der Waals surface area contributed by atoms with Crippen LogP contribution in [0, 0.1) is 11.8 Å². The zero-order valence-electron chi connectivity index (χ0n) is 14.0. The fraction of sp³-hybridized carbons (Fsp3) is 0.556. The number of methoxy groups -OCH3 is 1. The molecule has 1 heterocycles. The molecule has 0 spiro atoms. The van der Waals surface area contributed by atoms with Crippen LogP contribution in [0.5, 0.6) is 5.75 Å². The van der Waals surface area contributed by atoms with Crippen molar-refractivity contribution in [2.45, 2.75) is 39.5 Å². The fourth-order valence-electron chi connectivity index (χ4n) is 3.18. The second-order valence-electron chi connectivity index (χ2n) is 6.51. The Morgan fingerprint density at radius 1 is 1.35 bits per heavy atom.